The lowest BCUT2D eigenvalue weighted by Crippen LogP contribution is -2.36. The van der Waals surface area contributed by atoms with E-state index in [1.807, 2.05) is 11.3 Å². The first-order valence-corrected chi connectivity index (χ1v) is 8.44. The Bertz CT molecular complexity index is 381. The number of anilines is 1. The molecule has 1 N–H and O–H groups in total. The van der Waals surface area contributed by atoms with Crippen molar-refractivity contribution >= 4 is 16.5 Å². The smallest absolute Gasteiger partial charge is 0.186 e. The topological polar surface area (TPSA) is 37.4 Å². The maximum absolute atomic E-state index is 5.28. The number of ether oxygens (including phenoxy) is 1. The van der Waals surface area contributed by atoms with Gasteiger partial charge in [-0.2, -0.15) is 0 Å². The van der Waals surface area contributed by atoms with Crippen LogP contribution in [0.4, 0.5) is 5.13 Å². The maximum Gasteiger partial charge on any atom is 0.186 e. The standard InChI is InChI=1S/C15H29N3OS/c1-6-9-13-14(10-16-7-2)20-15(17-13)18(8-3)12(4)11-19-5/h12,16H,6-11H2,1-5H3. The molecule has 0 aromatic carbocycles. The molecule has 1 rings (SSSR count). The summed E-state index contributed by atoms with van der Waals surface area (Å²) in [5.74, 6) is 0. The molecule has 0 amide bonds. The van der Waals surface area contributed by atoms with Crippen molar-refractivity contribution in [1.82, 2.24) is 10.3 Å². The quantitative estimate of drug-likeness (QED) is 0.720. The van der Waals surface area contributed by atoms with Gasteiger partial charge < -0.3 is 15.0 Å². The molecular formula is C15H29N3OS. The molecule has 0 radical (unpaired) electrons. The number of nitrogens with one attached hydrogen (secondary N) is 1. The fraction of sp³-hybridized carbons (Fsp3) is 0.800. The molecule has 4 nitrogen and oxygen atoms in total. The number of thiazole rings is 1. The number of nitrogens with zero attached hydrogens (tertiary/aromatic N) is 2. The third-order valence-corrected chi connectivity index (χ3v) is 4.45. The van der Waals surface area contributed by atoms with E-state index in [1.165, 1.54) is 10.6 Å². The van der Waals surface area contributed by atoms with Crippen LogP contribution in [0.5, 0.6) is 0 Å². The summed E-state index contributed by atoms with van der Waals surface area (Å²) in [7, 11) is 1.76. The van der Waals surface area contributed by atoms with Crippen molar-refractivity contribution in [3.8, 4) is 0 Å². The van der Waals surface area contributed by atoms with Gasteiger partial charge in [0.15, 0.2) is 5.13 Å². The number of hydrogen-bond donors (Lipinski definition) is 1. The zero-order valence-corrected chi connectivity index (χ0v) is 14.3. The Labute approximate surface area is 127 Å². The summed E-state index contributed by atoms with van der Waals surface area (Å²) in [5, 5.41) is 4.55. The average Bonchev–Trinajstić information content (AvgIpc) is 2.81. The lowest BCUT2D eigenvalue weighted by atomic mass is 10.2. The Morgan fingerprint density at radius 3 is 2.65 bits per heavy atom. The van der Waals surface area contributed by atoms with Crippen molar-refractivity contribution < 1.29 is 4.74 Å². The summed E-state index contributed by atoms with van der Waals surface area (Å²) >= 11 is 1.82. The molecule has 0 aliphatic carbocycles. The van der Waals surface area contributed by atoms with E-state index in [9.17, 15) is 0 Å². The number of methoxy groups -OCH3 is 1. The molecule has 0 aliphatic heterocycles. The molecule has 1 atom stereocenters. The second-order valence-corrected chi connectivity index (χ2v) is 6.05. The van der Waals surface area contributed by atoms with E-state index >= 15 is 0 Å². The minimum Gasteiger partial charge on any atom is -0.383 e. The highest BCUT2D eigenvalue weighted by molar-refractivity contribution is 7.15. The summed E-state index contributed by atoms with van der Waals surface area (Å²) in [5.41, 5.74) is 1.26. The van der Waals surface area contributed by atoms with Crippen LogP contribution in [0, 0.1) is 0 Å². The van der Waals surface area contributed by atoms with Crippen molar-refractivity contribution in [3.63, 3.8) is 0 Å². The van der Waals surface area contributed by atoms with Crippen molar-refractivity contribution in [2.75, 3.05) is 31.7 Å². The Kier molecular flexibility index (Phi) is 8.11. The summed E-state index contributed by atoms with van der Waals surface area (Å²) in [6.45, 7) is 12.3. The first kappa shape index (κ1) is 17.4. The highest BCUT2D eigenvalue weighted by Crippen LogP contribution is 2.28. The van der Waals surface area contributed by atoms with Gasteiger partial charge in [-0.3, -0.25) is 0 Å². The maximum atomic E-state index is 5.28. The first-order chi connectivity index (χ1) is 9.67. The van der Waals surface area contributed by atoms with E-state index in [-0.39, 0.29) is 0 Å². The molecule has 0 aliphatic rings. The average molecular weight is 299 g/mol. The second kappa shape index (κ2) is 9.32. The molecule has 1 unspecified atom stereocenters. The van der Waals surface area contributed by atoms with Crippen molar-refractivity contribution in [2.24, 2.45) is 0 Å². The number of likely N-dealkylation sites (N-methyl/N-ethyl adjacent to an activating group) is 1. The molecule has 5 heteroatoms. The van der Waals surface area contributed by atoms with Crippen molar-refractivity contribution in [2.45, 2.75) is 53.1 Å². The molecule has 0 saturated carbocycles. The highest BCUT2D eigenvalue weighted by Gasteiger charge is 2.19. The number of rotatable bonds is 10. The van der Waals surface area contributed by atoms with Gasteiger partial charge in [0.05, 0.1) is 18.3 Å². The third-order valence-electron chi connectivity index (χ3n) is 3.32. The number of aromatic nitrogens is 1. The minimum absolute atomic E-state index is 0.359. The van der Waals surface area contributed by atoms with Gasteiger partial charge in [-0.25, -0.2) is 4.98 Å². The van der Waals surface area contributed by atoms with Crippen LogP contribution >= 0.6 is 11.3 Å². The highest BCUT2D eigenvalue weighted by atomic mass is 32.1. The predicted molar refractivity (Wildman–Crippen MR) is 87.8 cm³/mol. The van der Waals surface area contributed by atoms with E-state index in [2.05, 4.69) is 37.9 Å². The SMILES string of the molecule is CCCc1nc(N(CC)C(C)COC)sc1CNCC. The van der Waals surface area contributed by atoms with Crippen LogP contribution < -0.4 is 10.2 Å². The van der Waals surface area contributed by atoms with E-state index in [0.717, 1.165) is 44.2 Å². The lowest BCUT2D eigenvalue weighted by molar-refractivity contribution is 0.182. The number of aryl methyl sites for hydroxylation is 1. The van der Waals surface area contributed by atoms with Crippen LogP contribution in [0.1, 0.15) is 44.7 Å². The zero-order chi connectivity index (χ0) is 15.0. The van der Waals surface area contributed by atoms with Crippen molar-refractivity contribution in [1.29, 1.82) is 0 Å². The molecular weight excluding hydrogens is 270 g/mol. The van der Waals surface area contributed by atoms with Crippen molar-refractivity contribution in [3.05, 3.63) is 10.6 Å². The summed E-state index contributed by atoms with van der Waals surface area (Å²) in [6, 6.07) is 0.359. The van der Waals surface area contributed by atoms with Gasteiger partial charge in [0.25, 0.3) is 0 Å². The molecule has 0 bridgehead atoms. The zero-order valence-electron chi connectivity index (χ0n) is 13.5. The van der Waals surface area contributed by atoms with Gasteiger partial charge in [0.1, 0.15) is 0 Å². The molecule has 0 saturated heterocycles. The van der Waals surface area contributed by atoms with Gasteiger partial charge in [-0.15, -0.1) is 11.3 Å². The fourth-order valence-corrected chi connectivity index (χ4v) is 3.51. The molecule has 0 fully saturated rings. The molecule has 1 aromatic rings. The molecule has 116 valence electrons. The Morgan fingerprint density at radius 2 is 2.10 bits per heavy atom. The number of hydrogen-bond acceptors (Lipinski definition) is 5. The fourth-order valence-electron chi connectivity index (χ4n) is 2.27. The Hall–Kier alpha value is -0.650. The minimum atomic E-state index is 0.359. The van der Waals surface area contributed by atoms with Gasteiger partial charge in [-0.05, 0) is 26.8 Å². The van der Waals surface area contributed by atoms with Crippen LogP contribution in [0.15, 0.2) is 0 Å². The second-order valence-electron chi connectivity index (χ2n) is 4.99. The predicted octanol–water partition coefficient (Wildman–Crippen LogP) is 3.07. The normalized spacial score (nSPS) is 12.7. The monoisotopic (exact) mass is 299 g/mol. The van der Waals surface area contributed by atoms with Crippen LogP contribution in [0.3, 0.4) is 0 Å². The van der Waals surface area contributed by atoms with Crippen LogP contribution in [0.2, 0.25) is 0 Å². The lowest BCUT2D eigenvalue weighted by Gasteiger charge is -2.26. The summed E-state index contributed by atoms with van der Waals surface area (Å²) < 4.78 is 5.28. The molecule has 1 aromatic heterocycles. The third kappa shape index (κ3) is 4.72. The van der Waals surface area contributed by atoms with Gasteiger partial charge in [0.2, 0.25) is 0 Å². The molecule has 1 heterocycles. The van der Waals surface area contributed by atoms with Crippen LogP contribution in [0.25, 0.3) is 0 Å². The Balaban J connectivity index is 2.91. The van der Waals surface area contributed by atoms with Gasteiger partial charge >= 0.3 is 0 Å². The van der Waals surface area contributed by atoms with E-state index in [4.69, 9.17) is 9.72 Å². The van der Waals surface area contributed by atoms with Gasteiger partial charge in [-0.1, -0.05) is 20.3 Å². The van der Waals surface area contributed by atoms with Crippen LogP contribution in [-0.2, 0) is 17.7 Å². The van der Waals surface area contributed by atoms with E-state index in [0.29, 0.717) is 6.04 Å². The Morgan fingerprint density at radius 1 is 1.35 bits per heavy atom. The van der Waals surface area contributed by atoms with E-state index < -0.39 is 0 Å². The largest absolute Gasteiger partial charge is 0.383 e. The molecule has 0 spiro atoms. The first-order valence-electron chi connectivity index (χ1n) is 7.62. The van der Waals surface area contributed by atoms with Crippen LogP contribution in [-0.4, -0.2) is 37.8 Å². The molecule has 20 heavy (non-hydrogen) atoms. The summed E-state index contributed by atoms with van der Waals surface area (Å²) in [6.07, 6.45) is 2.20. The van der Waals surface area contributed by atoms with Gasteiger partial charge in [0, 0.05) is 25.1 Å². The van der Waals surface area contributed by atoms with E-state index in [1.54, 1.807) is 7.11 Å². The summed E-state index contributed by atoms with van der Waals surface area (Å²) in [4.78, 5) is 8.59.